The van der Waals surface area contributed by atoms with Gasteiger partial charge in [0.2, 0.25) is 5.91 Å². The second-order valence-corrected chi connectivity index (χ2v) is 5.21. The van der Waals surface area contributed by atoms with Crippen molar-refractivity contribution in [3.63, 3.8) is 0 Å². The highest BCUT2D eigenvalue weighted by Crippen LogP contribution is 2.22. The summed E-state index contributed by atoms with van der Waals surface area (Å²) in [7, 11) is 0. The molecule has 1 unspecified atom stereocenters. The molecular formula is C15H17N3O2. The molecule has 0 spiro atoms. The molecule has 1 saturated heterocycles. The summed E-state index contributed by atoms with van der Waals surface area (Å²) >= 11 is 0. The van der Waals surface area contributed by atoms with Crippen molar-refractivity contribution < 1.29 is 9.32 Å². The molecule has 1 aromatic carbocycles. The van der Waals surface area contributed by atoms with Crippen molar-refractivity contribution in [1.29, 1.82) is 0 Å². The van der Waals surface area contributed by atoms with Crippen molar-refractivity contribution in [2.45, 2.75) is 19.8 Å². The van der Waals surface area contributed by atoms with Crippen LogP contribution in [0.25, 0.3) is 11.5 Å². The molecule has 0 bridgehead atoms. The minimum atomic E-state index is 0.144. The van der Waals surface area contributed by atoms with Crippen LogP contribution in [0.4, 0.5) is 0 Å². The smallest absolute Gasteiger partial charge is 0.257 e. The molecule has 1 fully saturated rings. The van der Waals surface area contributed by atoms with Crippen LogP contribution in [0, 0.1) is 5.92 Å². The molecule has 0 radical (unpaired) electrons. The Labute approximate surface area is 117 Å². The third-order valence-electron chi connectivity index (χ3n) is 3.69. The lowest BCUT2D eigenvalue weighted by molar-refractivity contribution is -0.127. The summed E-state index contributed by atoms with van der Waals surface area (Å²) in [6.07, 6.45) is 1.77. The van der Waals surface area contributed by atoms with Gasteiger partial charge < -0.3 is 9.42 Å². The molecule has 2 heterocycles. The van der Waals surface area contributed by atoms with E-state index >= 15 is 0 Å². The number of carbonyl (C=O) groups excluding carboxylic acids is 1. The van der Waals surface area contributed by atoms with Gasteiger partial charge >= 0.3 is 0 Å². The summed E-state index contributed by atoms with van der Waals surface area (Å²) in [4.78, 5) is 17.6. The molecule has 0 N–H and O–H groups in total. The van der Waals surface area contributed by atoms with Gasteiger partial charge in [-0.05, 0) is 24.5 Å². The van der Waals surface area contributed by atoms with Crippen LogP contribution in [0.2, 0.25) is 0 Å². The maximum atomic E-state index is 11.3. The molecule has 0 saturated carbocycles. The quantitative estimate of drug-likeness (QED) is 0.858. The number of hydrogen-bond donors (Lipinski definition) is 0. The van der Waals surface area contributed by atoms with Gasteiger partial charge in [0.15, 0.2) is 5.82 Å². The third kappa shape index (κ3) is 2.71. The minimum absolute atomic E-state index is 0.144. The summed E-state index contributed by atoms with van der Waals surface area (Å²) in [5.74, 6) is 1.85. The molecule has 20 heavy (non-hydrogen) atoms. The van der Waals surface area contributed by atoms with E-state index in [9.17, 15) is 4.79 Å². The van der Waals surface area contributed by atoms with E-state index in [4.69, 9.17) is 4.52 Å². The van der Waals surface area contributed by atoms with E-state index in [1.54, 1.807) is 6.92 Å². The first kappa shape index (κ1) is 12.8. The Balaban J connectivity index is 1.65. The second kappa shape index (κ2) is 5.45. The summed E-state index contributed by atoms with van der Waals surface area (Å²) in [6.45, 7) is 3.25. The van der Waals surface area contributed by atoms with Gasteiger partial charge in [0, 0.05) is 32.0 Å². The highest BCUT2D eigenvalue weighted by Gasteiger charge is 2.25. The van der Waals surface area contributed by atoms with Crippen molar-refractivity contribution in [3.05, 3.63) is 36.2 Å². The van der Waals surface area contributed by atoms with E-state index in [0.29, 0.717) is 11.8 Å². The lowest BCUT2D eigenvalue weighted by Gasteiger charge is -2.12. The number of benzene rings is 1. The van der Waals surface area contributed by atoms with Crippen LogP contribution in [0.15, 0.2) is 34.9 Å². The molecule has 1 atom stereocenters. The lowest BCUT2D eigenvalue weighted by atomic mass is 10.1. The van der Waals surface area contributed by atoms with Gasteiger partial charge in [-0.25, -0.2) is 0 Å². The molecule has 5 nitrogen and oxygen atoms in total. The summed E-state index contributed by atoms with van der Waals surface area (Å²) < 4.78 is 5.29. The Bertz CT molecular complexity index is 594. The van der Waals surface area contributed by atoms with Crippen LogP contribution in [0.5, 0.6) is 0 Å². The molecule has 3 rings (SSSR count). The molecule has 2 aromatic rings. The highest BCUT2D eigenvalue weighted by atomic mass is 16.5. The zero-order valence-corrected chi connectivity index (χ0v) is 11.5. The van der Waals surface area contributed by atoms with Crippen LogP contribution in [0.3, 0.4) is 0 Å². The molecule has 5 heteroatoms. The van der Waals surface area contributed by atoms with Gasteiger partial charge in [0.25, 0.3) is 5.89 Å². The predicted octanol–water partition coefficient (Wildman–Crippen LogP) is 2.15. The van der Waals surface area contributed by atoms with Crippen molar-refractivity contribution in [2.75, 3.05) is 13.1 Å². The number of amides is 1. The van der Waals surface area contributed by atoms with E-state index in [2.05, 4.69) is 10.1 Å². The SMILES string of the molecule is CC(=O)N1CCC(Cc2noc(-c3ccccc3)n2)C1. The number of aromatic nitrogens is 2. The molecule has 1 amide bonds. The molecule has 1 aliphatic rings. The second-order valence-electron chi connectivity index (χ2n) is 5.21. The van der Waals surface area contributed by atoms with Crippen molar-refractivity contribution in [1.82, 2.24) is 15.0 Å². The van der Waals surface area contributed by atoms with E-state index in [1.807, 2.05) is 35.2 Å². The average Bonchev–Trinajstić information content (AvgIpc) is 3.10. The van der Waals surface area contributed by atoms with Gasteiger partial charge in [0.1, 0.15) is 0 Å². The number of rotatable bonds is 3. The standard InChI is InChI=1S/C15H17N3O2/c1-11(19)18-8-7-12(10-18)9-14-16-15(20-17-14)13-5-3-2-4-6-13/h2-6,12H,7-10H2,1H3. The fourth-order valence-corrected chi connectivity index (χ4v) is 2.58. The number of hydrogen-bond acceptors (Lipinski definition) is 4. The minimum Gasteiger partial charge on any atom is -0.343 e. The molecular weight excluding hydrogens is 254 g/mol. The van der Waals surface area contributed by atoms with E-state index in [1.165, 1.54) is 0 Å². The first-order valence-electron chi connectivity index (χ1n) is 6.86. The predicted molar refractivity (Wildman–Crippen MR) is 73.8 cm³/mol. The normalized spacial score (nSPS) is 18.4. The first-order valence-corrected chi connectivity index (χ1v) is 6.86. The average molecular weight is 271 g/mol. The number of nitrogens with zero attached hydrogens (tertiary/aromatic N) is 3. The van der Waals surface area contributed by atoms with Gasteiger partial charge in [-0.15, -0.1) is 0 Å². The number of likely N-dealkylation sites (tertiary alicyclic amines) is 1. The van der Waals surface area contributed by atoms with Crippen LogP contribution in [-0.2, 0) is 11.2 Å². The third-order valence-corrected chi connectivity index (χ3v) is 3.69. The molecule has 1 aliphatic heterocycles. The fraction of sp³-hybridized carbons (Fsp3) is 0.400. The van der Waals surface area contributed by atoms with E-state index in [-0.39, 0.29) is 5.91 Å². The Morgan fingerprint density at radius 1 is 1.40 bits per heavy atom. The van der Waals surface area contributed by atoms with E-state index < -0.39 is 0 Å². The van der Waals surface area contributed by atoms with Crippen LogP contribution < -0.4 is 0 Å². The van der Waals surface area contributed by atoms with Gasteiger partial charge in [-0.3, -0.25) is 4.79 Å². The topological polar surface area (TPSA) is 59.2 Å². The Morgan fingerprint density at radius 3 is 2.90 bits per heavy atom. The maximum Gasteiger partial charge on any atom is 0.257 e. The molecule has 1 aromatic heterocycles. The van der Waals surface area contributed by atoms with Gasteiger partial charge in [-0.1, -0.05) is 23.4 Å². The molecule has 104 valence electrons. The van der Waals surface area contributed by atoms with Gasteiger partial charge in [0.05, 0.1) is 0 Å². The first-order chi connectivity index (χ1) is 9.72. The Hall–Kier alpha value is -2.17. The van der Waals surface area contributed by atoms with E-state index in [0.717, 1.165) is 37.3 Å². The fourth-order valence-electron chi connectivity index (χ4n) is 2.58. The Morgan fingerprint density at radius 2 is 2.20 bits per heavy atom. The van der Waals surface area contributed by atoms with Crippen molar-refractivity contribution in [2.24, 2.45) is 5.92 Å². The summed E-state index contributed by atoms with van der Waals surface area (Å²) in [5.41, 5.74) is 0.933. The highest BCUT2D eigenvalue weighted by molar-refractivity contribution is 5.73. The lowest BCUT2D eigenvalue weighted by Crippen LogP contribution is -2.26. The number of carbonyl (C=O) groups is 1. The van der Waals surface area contributed by atoms with Crippen molar-refractivity contribution >= 4 is 5.91 Å². The zero-order valence-electron chi connectivity index (χ0n) is 11.5. The Kier molecular flexibility index (Phi) is 3.50. The van der Waals surface area contributed by atoms with Crippen LogP contribution in [0.1, 0.15) is 19.2 Å². The summed E-state index contributed by atoms with van der Waals surface area (Å²) in [6, 6.07) is 9.74. The van der Waals surface area contributed by atoms with Crippen LogP contribution >= 0.6 is 0 Å². The van der Waals surface area contributed by atoms with Crippen LogP contribution in [-0.4, -0.2) is 34.0 Å². The largest absolute Gasteiger partial charge is 0.343 e. The monoisotopic (exact) mass is 271 g/mol. The maximum absolute atomic E-state index is 11.3. The van der Waals surface area contributed by atoms with Crippen molar-refractivity contribution in [3.8, 4) is 11.5 Å². The zero-order chi connectivity index (χ0) is 13.9. The summed E-state index contributed by atoms with van der Waals surface area (Å²) in [5, 5.41) is 4.04. The molecule has 0 aliphatic carbocycles. The van der Waals surface area contributed by atoms with Gasteiger partial charge in [-0.2, -0.15) is 4.98 Å².